The highest BCUT2D eigenvalue weighted by Gasteiger charge is 2.19. The van der Waals surface area contributed by atoms with Gasteiger partial charge in [-0.3, -0.25) is 5.32 Å². The van der Waals surface area contributed by atoms with Gasteiger partial charge in [-0.2, -0.15) is 0 Å². The molecule has 0 aliphatic carbocycles. The van der Waals surface area contributed by atoms with Crippen LogP contribution >= 0.6 is 22.9 Å². The molecule has 24 heavy (non-hydrogen) atoms. The fourth-order valence-electron chi connectivity index (χ4n) is 1.97. The molecule has 130 valence electrons. The molecule has 0 saturated heterocycles. The summed E-state index contributed by atoms with van der Waals surface area (Å²) in [6.45, 7) is 3.84. The van der Waals surface area contributed by atoms with Crippen LogP contribution in [0.5, 0.6) is 0 Å². The minimum absolute atomic E-state index is 0.0442. The average Bonchev–Trinajstić information content (AvgIpc) is 3.00. The van der Waals surface area contributed by atoms with Crippen molar-refractivity contribution in [1.29, 1.82) is 0 Å². The van der Waals surface area contributed by atoms with Crippen LogP contribution in [0.2, 0.25) is 5.15 Å². The number of sulfonamides is 1. The minimum atomic E-state index is -3.91. The summed E-state index contributed by atoms with van der Waals surface area (Å²) in [5.74, 6) is -0.0448. The highest BCUT2D eigenvalue weighted by atomic mass is 35.5. The van der Waals surface area contributed by atoms with E-state index in [1.165, 1.54) is 6.07 Å². The van der Waals surface area contributed by atoms with E-state index in [1.807, 2.05) is 4.72 Å². The SMILES string of the molecule is CCCCc1c(C)nc(NC(=O)NS(=O)(=O)c2cccs2)nc1Cl. The number of anilines is 1. The maximum atomic E-state index is 12.0. The first-order valence-electron chi connectivity index (χ1n) is 7.23. The summed E-state index contributed by atoms with van der Waals surface area (Å²) in [5.41, 5.74) is 1.48. The van der Waals surface area contributed by atoms with Gasteiger partial charge in [0.25, 0.3) is 10.0 Å². The normalized spacial score (nSPS) is 11.3. The predicted octanol–water partition coefficient (Wildman–Crippen LogP) is 3.35. The fraction of sp³-hybridized carbons (Fsp3) is 0.357. The zero-order valence-electron chi connectivity index (χ0n) is 13.2. The molecule has 0 radical (unpaired) electrons. The number of hydrogen-bond acceptors (Lipinski definition) is 6. The van der Waals surface area contributed by atoms with Crippen LogP contribution < -0.4 is 10.0 Å². The second kappa shape index (κ2) is 7.91. The van der Waals surface area contributed by atoms with Crippen molar-refractivity contribution in [2.24, 2.45) is 0 Å². The molecule has 0 saturated carbocycles. The van der Waals surface area contributed by atoms with E-state index in [1.54, 1.807) is 18.4 Å². The first-order valence-corrected chi connectivity index (χ1v) is 9.98. The van der Waals surface area contributed by atoms with E-state index in [0.717, 1.165) is 36.2 Å². The van der Waals surface area contributed by atoms with Crippen LogP contribution in [0.4, 0.5) is 10.7 Å². The molecule has 2 heterocycles. The van der Waals surface area contributed by atoms with Crippen molar-refractivity contribution in [2.75, 3.05) is 5.32 Å². The number of nitrogens with one attached hydrogen (secondary N) is 2. The third kappa shape index (κ3) is 4.65. The van der Waals surface area contributed by atoms with Gasteiger partial charge in [0.2, 0.25) is 5.95 Å². The van der Waals surface area contributed by atoms with E-state index >= 15 is 0 Å². The highest BCUT2D eigenvalue weighted by molar-refractivity contribution is 7.92. The molecule has 0 aromatic carbocycles. The summed E-state index contributed by atoms with van der Waals surface area (Å²) < 4.78 is 25.9. The molecule has 0 bridgehead atoms. The molecule has 2 aromatic heterocycles. The Morgan fingerprint density at radius 2 is 2.12 bits per heavy atom. The second-order valence-electron chi connectivity index (χ2n) is 5.00. The predicted molar refractivity (Wildman–Crippen MR) is 94.1 cm³/mol. The van der Waals surface area contributed by atoms with Gasteiger partial charge < -0.3 is 0 Å². The molecule has 0 unspecified atom stereocenters. The summed E-state index contributed by atoms with van der Waals surface area (Å²) in [5, 5.41) is 4.16. The van der Waals surface area contributed by atoms with E-state index < -0.39 is 16.1 Å². The molecule has 2 N–H and O–H groups in total. The number of unbranched alkanes of at least 4 members (excludes halogenated alkanes) is 1. The number of thiophene rings is 1. The summed E-state index contributed by atoms with van der Waals surface area (Å²) in [6, 6.07) is 2.04. The van der Waals surface area contributed by atoms with E-state index in [0.29, 0.717) is 5.69 Å². The van der Waals surface area contributed by atoms with Crippen molar-refractivity contribution in [3.63, 3.8) is 0 Å². The van der Waals surface area contributed by atoms with Crippen LogP contribution in [-0.2, 0) is 16.4 Å². The number of halogens is 1. The Kier molecular flexibility index (Phi) is 6.14. The molecular weight excluding hydrogens is 372 g/mol. The second-order valence-corrected chi connectivity index (χ2v) is 8.21. The van der Waals surface area contributed by atoms with Crippen LogP contribution in [-0.4, -0.2) is 24.4 Å². The lowest BCUT2D eigenvalue weighted by atomic mass is 10.1. The number of hydrogen-bond donors (Lipinski definition) is 2. The number of urea groups is 1. The number of aromatic nitrogens is 2. The van der Waals surface area contributed by atoms with Gasteiger partial charge in [-0.25, -0.2) is 27.9 Å². The lowest BCUT2D eigenvalue weighted by Crippen LogP contribution is -2.34. The van der Waals surface area contributed by atoms with Gasteiger partial charge in [0.15, 0.2) is 0 Å². The molecule has 0 spiro atoms. The molecule has 0 fully saturated rings. The highest BCUT2D eigenvalue weighted by Crippen LogP contribution is 2.20. The number of amides is 2. The van der Waals surface area contributed by atoms with E-state index in [2.05, 4.69) is 22.2 Å². The summed E-state index contributed by atoms with van der Waals surface area (Å²) in [6.07, 6.45) is 2.72. The zero-order valence-corrected chi connectivity index (χ0v) is 15.6. The van der Waals surface area contributed by atoms with Crippen molar-refractivity contribution in [1.82, 2.24) is 14.7 Å². The third-order valence-corrected chi connectivity index (χ3v) is 6.20. The molecule has 0 atom stereocenters. The van der Waals surface area contributed by atoms with Crippen LogP contribution in [0.1, 0.15) is 31.0 Å². The molecule has 10 heteroatoms. The summed E-state index contributed by atoms with van der Waals surface area (Å²) in [7, 11) is -3.91. The molecule has 2 aromatic rings. The first-order chi connectivity index (χ1) is 11.3. The molecule has 0 aliphatic heterocycles. The van der Waals surface area contributed by atoms with Crippen molar-refractivity contribution >= 4 is 44.9 Å². The van der Waals surface area contributed by atoms with Gasteiger partial charge in [-0.1, -0.05) is 31.0 Å². The largest absolute Gasteiger partial charge is 0.335 e. The topological polar surface area (TPSA) is 101 Å². The zero-order chi connectivity index (χ0) is 17.7. The Hall–Kier alpha value is -1.71. The Bertz CT molecular complexity index is 800. The van der Waals surface area contributed by atoms with Gasteiger partial charge in [0, 0.05) is 11.3 Å². The minimum Gasteiger partial charge on any atom is -0.275 e. The van der Waals surface area contributed by atoms with Crippen molar-refractivity contribution in [3.05, 3.63) is 33.9 Å². The Balaban J connectivity index is 2.09. The number of carbonyl (C=O) groups is 1. The number of aryl methyl sites for hydroxylation is 1. The fourth-order valence-corrected chi connectivity index (χ4v) is 4.18. The lowest BCUT2D eigenvalue weighted by Gasteiger charge is -2.10. The smallest absolute Gasteiger partial charge is 0.275 e. The lowest BCUT2D eigenvalue weighted by molar-refractivity contribution is 0.256. The van der Waals surface area contributed by atoms with Crippen LogP contribution in [0.3, 0.4) is 0 Å². The monoisotopic (exact) mass is 388 g/mol. The third-order valence-electron chi connectivity index (χ3n) is 3.16. The first kappa shape index (κ1) is 18.6. The van der Waals surface area contributed by atoms with Crippen molar-refractivity contribution in [3.8, 4) is 0 Å². The van der Waals surface area contributed by atoms with Crippen LogP contribution in [0.25, 0.3) is 0 Å². The van der Waals surface area contributed by atoms with E-state index in [9.17, 15) is 13.2 Å². The summed E-state index contributed by atoms with van der Waals surface area (Å²) >= 11 is 7.14. The van der Waals surface area contributed by atoms with Gasteiger partial charge in [0.05, 0.1) is 0 Å². The number of carbonyl (C=O) groups excluding carboxylic acids is 1. The number of nitrogens with zero attached hydrogens (tertiary/aromatic N) is 2. The van der Waals surface area contributed by atoms with E-state index in [4.69, 9.17) is 11.6 Å². The Labute approximate surface area is 149 Å². The molecular formula is C14H17ClN4O3S2. The Morgan fingerprint density at radius 3 is 2.71 bits per heavy atom. The number of rotatable bonds is 6. The average molecular weight is 389 g/mol. The summed E-state index contributed by atoms with van der Waals surface area (Å²) in [4.78, 5) is 20.1. The van der Waals surface area contributed by atoms with Gasteiger partial charge in [-0.05, 0) is 31.2 Å². The molecule has 2 rings (SSSR count). The molecule has 0 aliphatic rings. The van der Waals surface area contributed by atoms with Crippen molar-refractivity contribution in [2.45, 2.75) is 37.3 Å². The van der Waals surface area contributed by atoms with Gasteiger partial charge in [-0.15, -0.1) is 11.3 Å². The van der Waals surface area contributed by atoms with Gasteiger partial charge >= 0.3 is 6.03 Å². The van der Waals surface area contributed by atoms with Crippen molar-refractivity contribution < 1.29 is 13.2 Å². The van der Waals surface area contributed by atoms with Crippen LogP contribution in [0.15, 0.2) is 21.7 Å². The molecule has 7 nitrogen and oxygen atoms in total. The maximum Gasteiger partial charge on any atom is 0.335 e. The Morgan fingerprint density at radius 1 is 1.38 bits per heavy atom. The molecule has 2 amide bonds. The van der Waals surface area contributed by atoms with E-state index in [-0.39, 0.29) is 15.3 Å². The quantitative estimate of drug-likeness (QED) is 0.739. The maximum absolute atomic E-state index is 12.0. The van der Waals surface area contributed by atoms with Crippen LogP contribution in [0, 0.1) is 6.92 Å². The standard InChI is InChI=1S/C14H17ClN4O3S2/c1-3-4-6-10-9(2)16-13(17-12(10)15)18-14(20)19-24(21,22)11-7-5-8-23-11/h5,7-8H,3-4,6H2,1-2H3,(H2,16,17,18,19,20). The van der Waals surface area contributed by atoms with Gasteiger partial charge in [0.1, 0.15) is 9.36 Å².